The van der Waals surface area contributed by atoms with Crippen LogP contribution in [0.3, 0.4) is 0 Å². The molecular weight excluding hydrogens is 300 g/mol. The molecule has 122 valence electrons. The molecule has 1 atom stereocenters. The minimum atomic E-state index is -3.03. The Morgan fingerprint density at radius 1 is 1.32 bits per heavy atom. The second kappa shape index (κ2) is 7.74. The van der Waals surface area contributed by atoms with Crippen molar-refractivity contribution >= 4 is 15.7 Å². The minimum absolute atomic E-state index is 0.000804. The van der Waals surface area contributed by atoms with Crippen LogP contribution < -0.4 is 5.32 Å². The molecule has 0 spiro atoms. The third-order valence-corrected chi connectivity index (χ3v) is 4.84. The second-order valence-electron chi connectivity index (χ2n) is 5.98. The van der Waals surface area contributed by atoms with Gasteiger partial charge in [-0.3, -0.25) is 9.69 Å². The van der Waals surface area contributed by atoms with Gasteiger partial charge in [-0.15, -0.1) is 0 Å². The maximum absolute atomic E-state index is 12.1. The van der Waals surface area contributed by atoms with Crippen LogP contribution in [0, 0.1) is 5.92 Å². The van der Waals surface area contributed by atoms with Crippen molar-refractivity contribution in [2.24, 2.45) is 5.92 Å². The van der Waals surface area contributed by atoms with Gasteiger partial charge in [0.2, 0.25) is 5.91 Å². The van der Waals surface area contributed by atoms with E-state index < -0.39 is 9.84 Å². The van der Waals surface area contributed by atoms with Gasteiger partial charge in [-0.2, -0.15) is 0 Å². The van der Waals surface area contributed by atoms with Crippen molar-refractivity contribution in [3.05, 3.63) is 35.9 Å². The normalized spacial score (nSPS) is 19.8. The maximum Gasteiger partial charge on any atom is 0.224 e. The highest BCUT2D eigenvalue weighted by atomic mass is 32.2. The summed E-state index contributed by atoms with van der Waals surface area (Å²) in [4.78, 5) is 14.4. The Morgan fingerprint density at radius 3 is 2.73 bits per heavy atom. The summed E-state index contributed by atoms with van der Waals surface area (Å²) in [5, 5.41) is 2.75. The lowest BCUT2D eigenvalue weighted by Crippen LogP contribution is -2.43. The van der Waals surface area contributed by atoms with Gasteiger partial charge in [0, 0.05) is 25.9 Å². The molecule has 1 aliphatic rings. The molecule has 1 heterocycles. The number of nitrogens with zero attached hydrogens (tertiary/aromatic N) is 1. The zero-order chi connectivity index (χ0) is 16.0. The summed E-state index contributed by atoms with van der Waals surface area (Å²) in [6.45, 7) is 2.79. The van der Waals surface area contributed by atoms with Crippen LogP contribution in [-0.4, -0.2) is 50.9 Å². The fourth-order valence-electron chi connectivity index (χ4n) is 2.76. The molecule has 1 aromatic rings. The van der Waals surface area contributed by atoms with E-state index in [2.05, 4.69) is 22.3 Å². The average molecular weight is 324 g/mol. The van der Waals surface area contributed by atoms with Gasteiger partial charge in [0.15, 0.2) is 0 Å². The van der Waals surface area contributed by atoms with Crippen LogP contribution >= 0.6 is 0 Å². The number of hydrogen-bond acceptors (Lipinski definition) is 4. The highest BCUT2D eigenvalue weighted by Gasteiger charge is 2.25. The third-order valence-electron chi connectivity index (χ3n) is 3.90. The number of carbonyl (C=O) groups is 1. The molecule has 1 saturated heterocycles. The number of likely N-dealkylation sites (tertiary alicyclic amines) is 1. The lowest BCUT2D eigenvalue weighted by atomic mass is 9.96. The quantitative estimate of drug-likeness (QED) is 0.850. The first-order chi connectivity index (χ1) is 10.4. The van der Waals surface area contributed by atoms with Crippen LogP contribution in [0.1, 0.15) is 18.4 Å². The van der Waals surface area contributed by atoms with Crippen molar-refractivity contribution in [2.45, 2.75) is 19.4 Å². The number of rotatable bonds is 6. The topological polar surface area (TPSA) is 66.5 Å². The van der Waals surface area contributed by atoms with Crippen molar-refractivity contribution in [1.29, 1.82) is 0 Å². The van der Waals surface area contributed by atoms with E-state index >= 15 is 0 Å². The molecule has 1 aromatic carbocycles. The van der Waals surface area contributed by atoms with Crippen LogP contribution in [-0.2, 0) is 21.2 Å². The predicted octanol–water partition coefficient (Wildman–Crippen LogP) is 1.06. The number of benzene rings is 1. The first-order valence-electron chi connectivity index (χ1n) is 7.66. The van der Waals surface area contributed by atoms with Gasteiger partial charge in [-0.25, -0.2) is 8.42 Å². The molecule has 1 fully saturated rings. The summed E-state index contributed by atoms with van der Waals surface area (Å²) in [5.41, 5.74) is 1.25. The molecule has 0 bridgehead atoms. The molecule has 1 amide bonds. The highest BCUT2D eigenvalue weighted by Crippen LogP contribution is 2.18. The Balaban J connectivity index is 1.81. The smallest absolute Gasteiger partial charge is 0.224 e. The van der Waals surface area contributed by atoms with Crippen LogP contribution in [0.2, 0.25) is 0 Å². The van der Waals surface area contributed by atoms with E-state index in [9.17, 15) is 13.2 Å². The second-order valence-corrected chi connectivity index (χ2v) is 8.24. The van der Waals surface area contributed by atoms with E-state index in [-0.39, 0.29) is 24.1 Å². The maximum atomic E-state index is 12.1. The Labute approximate surface area is 132 Å². The van der Waals surface area contributed by atoms with Gasteiger partial charge in [-0.05, 0) is 24.9 Å². The molecular formula is C16H24N2O3S. The van der Waals surface area contributed by atoms with E-state index in [4.69, 9.17) is 0 Å². The van der Waals surface area contributed by atoms with E-state index in [0.29, 0.717) is 0 Å². The summed E-state index contributed by atoms with van der Waals surface area (Å²) < 4.78 is 22.2. The predicted molar refractivity (Wildman–Crippen MR) is 87.2 cm³/mol. The van der Waals surface area contributed by atoms with Gasteiger partial charge < -0.3 is 5.32 Å². The fraction of sp³-hybridized carbons (Fsp3) is 0.562. The Bertz CT molecular complexity index is 587. The number of piperidine rings is 1. The molecule has 0 saturated carbocycles. The number of hydrogen-bond donors (Lipinski definition) is 1. The molecule has 22 heavy (non-hydrogen) atoms. The first-order valence-corrected chi connectivity index (χ1v) is 9.72. The number of amides is 1. The van der Waals surface area contributed by atoms with Gasteiger partial charge in [-0.1, -0.05) is 30.3 Å². The van der Waals surface area contributed by atoms with Crippen molar-refractivity contribution < 1.29 is 13.2 Å². The molecule has 2 rings (SSSR count). The zero-order valence-corrected chi connectivity index (χ0v) is 13.8. The summed E-state index contributed by atoms with van der Waals surface area (Å²) in [6.07, 6.45) is 3.05. The van der Waals surface area contributed by atoms with Gasteiger partial charge in [0.05, 0.1) is 11.7 Å². The Morgan fingerprint density at radius 2 is 2.05 bits per heavy atom. The van der Waals surface area contributed by atoms with Crippen molar-refractivity contribution in [3.8, 4) is 0 Å². The lowest BCUT2D eigenvalue weighted by Gasteiger charge is -2.32. The standard InChI is InChI=1S/C16H24N2O3S/c1-22(20,21)11-9-17-16(19)15-8-5-10-18(13-15)12-14-6-3-2-4-7-14/h2-4,6-7,15H,5,8-13H2,1H3,(H,17,19)/t15-/m0/s1. The van der Waals surface area contributed by atoms with Crippen LogP contribution in [0.4, 0.5) is 0 Å². The van der Waals surface area contributed by atoms with E-state index in [1.807, 2.05) is 18.2 Å². The molecule has 0 radical (unpaired) electrons. The minimum Gasteiger partial charge on any atom is -0.355 e. The lowest BCUT2D eigenvalue weighted by molar-refractivity contribution is -0.126. The summed E-state index contributed by atoms with van der Waals surface area (Å²) >= 11 is 0. The zero-order valence-electron chi connectivity index (χ0n) is 13.0. The summed E-state index contributed by atoms with van der Waals surface area (Å²) in [7, 11) is -3.03. The molecule has 5 nitrogen and oxygen atoms in total. The Hall–Kier alpha value is -1.40. The molecule has 1 aliphatic heterocycles. The van der Waals surface area contributed by atoms with Gasteiger partial charge >= 0.3 is 0 Å². The number of carbonyl (C=O) groups excluding carboxylic acids is 1. The highest BCUT2D eigenvalue weighted by molar-refractivity contribution is 7.90. The van der Waals surface area contributed by atoms with Crippen molar-refractivity contribution in [1.82, 2.24) is 10.2 Å². The van der Waals surface area contributed by atoms with E-state index in [1.54, 1.807) is 0 Å². The van der Waals surface area contributed by atoms with Gasteiger partial charge in [0.1, 0.15) is 9.84 Å². The molecule has 6 heteroatoms. The SMILES string of the molecule is CS(=O)(=O)CCNC(=O)[C@H]1CCCN(Cc2ccccc2)C1. The van der Waals surface area contributed by atoms with E-state index in [0.717, 1.165) is 32.5 Å². The number of sulfone groups is 1. The monoisotopic (exact) mass is 324 g/mol. The average Bonchev–Trinajstić information content (AvgIpc) is 2.47. The van der Waals surface area contributed by atoms with Crippen LogP contribution in [0.25, 0.3) is 0 Å². The van der Waals surface area contributed by atoms with E-state index in [1.165, 1.54) is 11.8 Å². The van der Waals surface area contributed by atoms with Crippen LogP contribution in [0.15, 0.2) is 30.3 Å². The summed E-state index contributed by atoms with van der Waals surface area (Å²) in [5.74, 6) is -0.0717. The van der Waals surface area contributed by atoms with Gasteiger partial charge in [0.25, 0.3) is 0 Å². The molecule has 0 aliphatic carbocycles. The van der Waals surface area contributed by atoms with Crippen molar-refractivity contribution in [2.75, 3.05) is 31.6 Å². The van der Waals surface area contributed by atoms with Crippen LogP contribution in [0.5, 0.6) is 0 Å². The molecule has 1 N–H and O–H groups in total. The largest absolute Gasteiger partial charge is 0.355 e. The van der Waals surface area contributed by atoms with Crippen molar-refractivity contribution in [3.63, 3.8) is 0 Å². The number of nitrogens with one attached hydrogen (secondary N) is 1. The molecule has 0 unspecified atom stereocenters. The summed E-state index contributed by atoms with van der Waals surface area (Å²) in [6, 6.07) is 10.2. The molecule has 0 aromatic heterocycles. The Kier molecular flexibility index (Phi) is 5.97. The first kappa shape index (κ1) is 17.0. The fourth-order valence-corrected chi connectivity index (χ4v) is 3.23. The third kappa shape index (κ3) is 5.77.